The molecule has 0 saturated carbocycles. The first kappa shape index (κ1) is 20.9. The van der Waals surface area contributed by atoms with Crippen LogP contribution in [0.1, 0.15) is 17.3 Å². The Balaban J connectivity index is 2.03. The molecule has 0 unspecified atom stereocenters. The summed E-state index contributed by atoms with van der Waals surface area (Å²) in [6, 6.07) is 12.8. The monoisotopic (exact) mass is 392 g/mol. The summed E-state index contributed by atoms with van der Waals surface area (Å²) in [5.41, 5.74) is 0.939. The van der Waals surface area contributed by atoms with Crippen LogP contribution in [0, 0.1) is 0 Å². The number of carbonyl (C=O) groups is 1. The second kappa shape index (κ2) is 9.50. The Kier molecular flexibility index (Phi) is 7.35. The zero-order valence-electron chi connectivity index (χ0n) is 15.6. The lowest BCUT2D eigenvalue weighted by molar-refractivity contribution is 0.102. The summed E-state index contributed by atoms with van der Waals surface area (Å²) in [6.07, 6.45) is 0. The van der Waals surface area contributed by atoms with Gasteiger partial charge in [0.2, 0.25) is 10.0 Å². The Hall–Kier alpha value is -2.42. The highest BCUT2D eigenvalue weighted by molar-refractivity contribution is 7.89. The van der Waals surface area contributed by atoms with Gasteiger partial charge in [0.15, 0.2) is 0 Å². The molecule has 0 fully saturated rings. The van der Waals surface area contributed by atoms with E-state index in [1.165, 1.54) is 26.2 Å². The molecule has 0 atom stereocenters. The van der Waals surface area contributed by atoms with Gasteiger partial charge in [0.25, 0.3) is 5.91 Å². The third kappa shape index (κ3) is 5.78. The molecule has 27 heavy (non-hydrogen) atoms. The molecule has 0 aliphatic rings. The van der Waals surface area contributed by atoms with Gasteiger partial charge in [-0.1, -0.05) is 6.07 Å². The largest absolute Gasteiger partial charge is 0.491 e. The van der Waals surface area contributed by atoms with E-state index in [-0.39, 0.29) is 10.8 Å². The van der Waals surface area contributed by atoms with Crippen LogP contribution in [0.2, 0.25) is 0 Å². The summed E-state index contributed by atoms with van der Waals surface area (Å²) >= 11 is 0. The Morgan fingerprint density at radius 2 is 1.78 bits per heavy atom. The van der Waals surface area contributed by atoms with Crippen molar-refractivity contribution in [1.82, 2.24) is 4.31 Å². The quantitative estimate of drug-likeness (QED) is 0.663. The number of amides is 1. The Morgan fingerprint density at radius 1 is 1.07 bits per heavy atom. The fraction of sp³-hybridized carbons (Fsp3) is 0.316. The van der Waals surface area contributed by atoms with Crippen molar-refractivity contribution in [3.05, 3.63) is 54.1 Å². The number of ether oxygens (including phenoxy) is 2. The van der Waals surface area contributed by atoms with Gasteiger partial charge in [-0.2, -0.15) is 0 Å². The smallest absolute Gasteiger partial charge is 0.255 e. The van der Waals surface area contributed by atoms with Crippen LogP contribution in [0.25, 0.3) is 0 Å². The number of benzene rings is 2. The van der Waals surface area contributed by atoms with Crippen LogP contribution in [-0.4, -0.2) is 52.5 Å². The third-order valence-corrected chi connectivity index (χ3v) is 5.52. The zero-order chi connectivity index (χ0) is 19.9. The molecule has 146 valence electrons. The number of sulfonamides is 1. The van der Waals surface area contributed by atoms with Crippen molar-refractivity contribution in [2.24, 2.45) is 0 Å². The fourth-order valence-corrected chi connectivity index (χ4v) is 3.12. The Labute approximate surface area is 160 Å². The van der Waals surface area contributed by atoms with Crippen molar-refractivity contribution >= 4 is 21.6 Å². The summed E-state index contributed by atoms with van der Waals surface area (Å²) in [5.74, 6) is 0.267. The molecule has 0 aromatic heterocycles. The molecule has 2 rings (SSSR count). The highest BCUT2D eigenvalue weighted by Crippen LogP contribution is 2.18. The molecule has 1 N–H and O–H groups in total. The van der Waals surface area contributed by atoms with E-state index in [4.69, 9.17) is 9.47 Å². The lowest BCUT2D eigenvalue weighted by Crippen LogP contribution is -2.22. The van der Waals surface area contributed by atoms with Gasteiger partial charge in [-0.25, -0.2) is 12.7 Å². The van der Waals surface area contributed by atoms with Crippen LogP contribution in [0.4, 0.5) is 5.69 Å². The first-order valence-electron chi connectivity index (χ1n) is 8.49. The van der Waals surface area contributed by atoms with E-state index in [1.54, 1.807) is 36.4 Å². The van der Waals surface area contributed by atoms with Crippen molar-refractivity contribution in [3.8, 4) is 5.75 Å². The number of nitrogens with zero attached hydrogens (tertiary/aromatic N) is 1. The van der Waals surface area contributed by atoms with Gasteiger partial charge in [-0.15, -0.1) is 0 Å². The first-order chi connectivity index (χ1) is 12.8. The van der Waals surface area contributed by atoms with E-state index in [1.807, 2.05) is 6.92 Å². The van der Waals surface area contributed by atoms with Crippen LogP contribution < -0.4 is 10.1 Å². The lowest BCUT2D eigenvalue weighted by atomic mass is 10.2. The summed E-state index contributed by atoms with van der Waals surface area (Å²) in [7, 11) is -0.566. The highest BCUT2D eigenvalue weighted by Gasteiger charge is 2.17. The molecule has 0 saturated heterocycles. The lowest BCUT2D eigenvalue weighted by Gasteiger charge is -2.12. The van der Waals surface area contributed by atoms with Crippen LogP contribution in [0.5, 0.6) is 5.75 Å². The maximum atomic E-state index is 12.4. The Bertz CT molecular complexity index is 864. The topological polar surface area (TPSA) is 84.9 Å². The number of hydrogen-bond acceptors (Lipinski definition) is 5. The van der Waals surface area contributed by atoms with Gasteiger partial charge in [0.1, 0.15) is 12.4 Å². The van der Waals surface area contributed by atoms with Gasteiger partial charge < -0.3 is 14.8 Å². The van der Waals surface area contributed by atoms with Gasteiger partial charge in [-0.05, 0) is 49.4 Å². The zero-order valence-corrected chi connectivity index (χ0v) is 16.5. The SMILES string of the molecule is CCOCCOc1cccc(C(=O)Nc2ccc(S(=O)(=O)N(C)C)cc2)c1. The van der Waals surface area contributed by atoms with Gasteiger partial charge in [0.05, 0.1) is 11.5 Å². The van der Waals surface area contributed by atoms with Crippen LogP contribution in [0.3, 0.4) is 0 Å². The van der Waals surface area contributed by atoms with E-state index < -0.39 is 10.0 Å². The van der Waals surface area contributed by atoms with Crippen molar-refractivity contribution in [3.63, 3.8) is 0 Å². The van der Waals surface area contributed by atoms with Crippen LogP contribution in [-0.2, 0) is 14.8 Å². The molecule has 2 aromatic carbocycles. The molecule has 0 bridgehead atoms. The van der Waals surface area contributed by atoms with Crippen molar-refractivity contribution in [2.45, 2.75) is 11.8 Å². The molecular weight excluding hydrogens is 368 g/mol. The van der Waals surface area contributed by atoms with Crippen molar-refractivity contribution in [1.29, 1.82) is 0 Å². The molecule has 2 aromatic rings. The van der Waals surface area contributed by atoms with E-state index in [0.717, 1.165) is 4.31 Å². The van der Waals surface area contributed by atoms with Gasteiger partial charge >= 0.3 is 0 Å². The van der Waals surface area contributed by atoms with E-state index in [0.29, 0.717) is 36.8 Å². The molecule has 0 radical (unpaired) electrons. The standard InChI is InChI=1S/C19H24N2O5S/c1-4-25-12-13-26-17-7-5-6-15(14-17)19(22)20-16-8-10-18(11-9-16)27(23,24)21(2)3/h5-11,14H,4,12-13H2,1-3H3,(H,20,22). The van der Waals surface area contributed by atoms with E-state index >= 15 is 0 Å². The maximum absolute atomic E-state index is 12.4. The summed E-state index contributed by atoms with van der Waals surface area (Å²) in [5, 5.41) is 2.74. The van der Waals surface area contributed by atoms with Crippen molar-refractivity contribution in [2.75, 3.05) is 39.2 Å². The van der Waals surface area contributed by atoms with E-state index in [2.05, 4.69) is 5.32 Å². The summed E-state index contributed by atoms with van der Waals surface area (Å²) in [6.45, 7) is 3.42. The molecule has 8 heteroatoms. The van der Waals surface area contributed by atoms with Crippen LogP contribution >= 0.6 is 0 Å². The minimum absolute atomic E-state index is 0.162. The fourth-order valence-electron chi connectivity index (χ4n) is 2.21. The van der Waals surface area contributed by atoms with Gasteiger partial charge in [-0.3, -0.25) is 4.79 Å². The number of anilines is 1. The number of nitrogens with one attached hydrogen (secondary N) is 1. The summed E-state index contributed by atoms with van der Waals surface area (Å²) in [4.78, 5) is 12.6. The molecule has 1 amide bonds. The van der Waals surface area contributed by atoms with Crippen LogP contribution in [0.15, 0.2) is 53.4 Å². The average Bonchev–Trinajstić information content (AvgIpc) is 2.66. The number of rotatable bonds is 9. The normalized spacial score (nSPS) is 11.4. The number of hydrogen-bond donors (Lipinski definition) is 1. The molecular formula is C19H24N2O5S. The minimum atomic E-state index is -3.50. The first-order valence-corrected chi connectivity index (χ1v) is 9.93. The van der Waals surface area contributed by atoms with E-state index in [9.17, 15) is 13.2 Å². The molecule has 0 heterocycles. The summed E-state index contributed by atoms with van der Waals surface area (Å²) < 4.78 is 36.0. The Morgan fingerprint density at radius 3 is 2.41 bits per heavy atom. The predicted octanol–water partition coefficient (Wildman–Crippen LogP) is 2.60. The molecule has 0 spiro atoms. The minimum Gasteiger partial charge on any atom is -0.491 e. The van der Waals surface area contributed by atoms with Gasteiger partial charge in [0, 0.05) is 32.0 Å². The second-order valence-electron chi connectivity index (χ2n) is 5.84. The second-order valence-corrected chi connectivity index (χ2v) is 7.99. The molecule has 0 aliphatic heterocycles. The van der Waals surface area contributed by atoms with Crippen molar-refractivity contribution < 1.29 is 22.7 Å². The average molecular weight is 392 g/mol. The predicted molar refractivity (Wildman–Crippen MR) is 104 cm³/mol. The maximum Gasteiger partial charge on any atom is 0.255 e. The molecule has 7 nitrogen and oxygen atoms in total. The number of carbonyl (C=O) groups excluding carboxylic acids is 1. The highest BCUT2D eigenvalue weighted by atomic mass is 32.2. The third-order valence-electron chi connectivity index (χ3n) is 3.69. The molecule has 0 aliphatic carbocycles.